The van der Waals surface area contributed by atoms with E-state index in [1.807, 2.05) is 0 Å². The Morgan fingerprint density at radius 1 is 1.27 bits per heavy atom. The van der Waals surface area contributed by atoms with Gasteiger partial charge >= 0.3 is 5.69 Å². The Morgan fingerprint density at radius 3 is 2.50 bits per heavy atom. The number of benzene rings is 1. The van der Waals surface area contributed by atoms with Crippen LogP contribution in [0.5, 0.6) is 0 Å². The van der Waals surface area contributed by atoms with Gasteiger partial charge in [0, 0.05) is 12.6 Å². The third kappa shape index (κ3) is 2.86. The lowest BCUT2D eigenvalue weighted by Gasteiger charge is -2.17. The molecule has 1 amide bonds. The summed E-state index contributed by atoms with van der Waals surface area (Å²) in [7, 11) is 0. The van der Waals surface area contributed by atoms with Gasteiger partial charge in [-0.1, -0.05) is 24.3 Å². The minimum Gasteiger partial charge on any atom is -0.378 e. The molecule has 0 saturated heterocycles. The summed E-state index contributed by atoms with van der Waals surface area (Å²) in [6.07, 6.45) is 0. The molecule has 0 aliphatic rings. The number of hydrogen-bond acceptors (Lipinski definition) is 6. The van der Waals surface area contributed by atoms with Crippen LogP contribution in [0, 0.1) is 10.1 Å². The zero-order valence-corrected chi connectivity index (χ0v) is 11.6. The van der Waals surface area contributed by atoms with E-state index in [0.29, 0.717) is 5.56 Å². The van der Waals surface area contributed by atoms with Crippen LogP contribution < -0.4 is 17.2 Å². The molecule has 0 bridgehead atoms. The number of nitrogens with zero attached hydrogens (tertiary/aromatic N) is 2. The smallest absolute Gasteiger partial charge is 0.311 e. The molecular formula is C14H15N5O3. The molecule has 114 valence electrons. The Balaban J connectivity index is 2.56. The molecule has 0 radical (unpaired) electrons. The van der Waals surface area contributed by atoms with Crippen molar-refractivity contribution in [2.75, 3.05) is 5.73 Å². The number of aromatic nitrogens is 1. The summed E-state index contributed by atoms with van der Waals surface area (Å²) in [5.74, 6) is -1.77. The molecule has 0 aliphatic heterocycles. The molecule has 0 saturated carbocycles. The number of nitro groups is 1. The van der Waals surface area contributed by atoms with Crippen LogP contribution in [0.15, 0.2) is 36.4 Å². The summed E-state index contributed by atoms with van der Waals surface area (Å²) >= 11 is 0. The van der Waals surface area contributed by atoms with Gasteiger partial charge in [-0.15, -0.1) is 0 Å². The van der Waals surface area contributed by atoms with E-state index in [4.69, 9.17) is 17.2 Å². The van der Waals surface area contributed by atoms with Crippen molar-refractivity contribution in [1.29, 1.82) is 0 Å². The van der Waals surface area contributed by atoms with Gasteiger partial charge in [0.1, 0.15) is 5.92 Å². The maximum absolute atomic E-state index is 11.9. The molecule has 8 nitrogen and oxygen atoms in total. The number of carbonyl (C=O) groups is 1. The van der Waals surface area contributed by atoms with Crippen molar-refractivity contribution in [3.05, 3.63) is 63.3 Å². The molecule has 0 fully saturated rings. The summed E-state index contributed by atoms with van der Waals surface area (Å²) in [6.45, 7) is 0.225. The minimum absolute atomic E-state index is 0.225. The Morgan fingerprint density at radius 2 is 1.95 bits per heavy atom. The van der Waals surface area contributed by atoms with Crippen LogP contribution >= 0.6 is 0 Å². The van der Waals surface area contributed by atoms with Crippen LogP contribution in [0.2, 0.25) is 0 Å². The van der Waals surface area contributed by atoms with Crippen molar-refractivity contribution >= 4 is 17.4 Å². The molecule has 0 spiro atoms. The Kier molecular flexibility index (Phi) is 4.33. The number of nitrogen functional groups attached to an aromatic ring is 1. The van der Waals surface area contributed by atoms with Crippen molar-refractivity contribution in [3.63, 3.8) is 0 Å². The first-order chi connectivity index (χ1) is 10.5. The molecular weight excluding hydrogens is 286 g/mol. The standard InChI is InChI=1S/C14H15N5O3/c15-7-8-3-1-2-4-9(8)12(14(17)20)10-5-6-11(19(21)22)13(16)18-10/h1-6,12H,7,15H2,(H2,16,18)(H2,17,20). The Hall–Kier alpha value is -3.00. The monoisotopic (exact) mass is 301 g/mol. The molecule has 8 heteroatoms. The summed E-state index contributed by atoms with van der Waals surface area (Å²) < 4.78 is 0. The van der Waals surface area contributed by atoms with Gasteiger partial charge in [0.05, 0.1) is 10.6 Å². The first kappa shape index (κ1) is 15.4. The molecule has 0 aliphatic carbocycles. The first-order valence-corrected chi connectivity index (χ1v) is 6.43. The second kappa shape index (κ2) is 6.19. The number of anilines is 1. The van der Waals surface area contributed by atoms with Gasteiger partial charge in [-0.25, -0.2) is 4.98 Å². The number of carbonyl (C=O) groups excluding carboxylic acids is 1. The highest BCUT2D eigenvalue weighted by atomic mass is 16.6. The quantitative estimate of drug-likeness (QED) is 0.544. The van der Waals surface area contributed by atoms with Gasteiger partial charge in [-0.05, 0) is 17.2 Å². The summed E-state index contributed by atoms with van der Waals surface area (Å²) in [5.41, 5.74) is 18.0. The molecule has 22 heavy (non-hydrogen) atoms. The van der Waals surface area contributed by atoms with Crippen molar-refractivity contribution in [3.8, 4) is 0 Å². The number of pyridine rings is 1. The van der Waals surface area contributed by atoms with Gasteiger partial charge in [-0.3, -0.25) is 14.9 Å². The largest absolute Gasteiger partial charge is 0.378 e. The van der Waals surface area contributed by atoms with Gasteiger partial charge in [0.15, 0.2) is 0 Å². The van der Waals surface area contributed by atoms with E-state index in [9.17, 15) is 14.9 Å². The molecule has 2 rings (SSSR count). The van der Waals surface area contributed by atoms with Gasteiger partial charge in [-0.2, -0.15) is 0 Å². The van der Waals surface area contributed by atoms with Crippen molar-refractivity contribution in [2.24, 2.45) is 11.5 Å². The Labute approximate surface area is 126 Å². The lowest BCUT2D eigenvalue weighted by molar-refractivity contribution is -0.384. The van der Waals surface area contributed by atoms with Crippen LogP contribution in [-0.4, -0.2) is 15.8 Å². The van der Waals surface area contributed by atoms with Crippen molar-refractivity contribution in [1.82, 2.24) is 4.98 Å². The molecule has 1 aromatic carbocycles. The molecule has 2 aromatic rings. The molecule has 6 N–H and O–H groups in total. The fraction of sp³-hybridized carbons (Fsp3) is 0.143. The summed E-state index contributed by atoms with van der Waals surface area (Å²) in [6, 6.07) is 9.62. The normalized spacial score (nSPS) is 11.9. The predicted octanol–water partition coefficient (Wildman–Crippen LogP) is 0.648. The number of primary amides is 1. The van der Waals surface area contributed by atoms with Crippen LogP contribution in [0.25, 0.3) is 0 Å². The highest BCUT2D eigenvalue weighted by Crippen LogP contribution is 2.29. The van der Waals surface area contributed by atoms with E-state index in [2.05, 4.69) is 4.98 Å². The van der Waals surface area contributed by atoms with Crippen LogP contribution in [0.1, 0.15) is 22.7 Å². The van der Waals surface area contributed by atoms with E-state index in [1.165, 1.54) is 12.1 Å². The molecule has 1 unspecified atom stereocenters. The Bertz CT molecular complexity index is 732. The average Bonchev–Trinajstić information content (AvgIpc) is 2.47. The fourth-order valence-corrected chi connectivity index (χ4v) is 2.26. The van der Waals surface area contributed by atoms with E-state index in [0.717, 1.165) is 5.56 Å². The SMILES string of the molecule is NCc1ccccc1C(C(N)=O)c1ccc([N+](=O)[O-])c(N)n1. The van der Waals surface area contributed by atoms with E-state index < -0.39 is 16.7 Å². The first-order valence-electron chi connectivity index (χ1n) is 6.43. The van der Waals surface area contributed by atoms with Gasteiger partial charge in [0.25, 0.3) is 0 Å². The number of hydrogen-bond donors (Lipinski definition) is 3. The van der Waals surface area contributed by atoms with Crippen molar-refractivity contribution in [2.45, 2.75) is 12.5 Å². The molecule has 1 heterocycles. The lowest BCUT2D eigenvalue weighted by Crippen LogP contribution is -2.25. The molecule has 1 atom stereocenters. The number of amides is 1. The minimum atomic E-state index is -0.872. The van der Waals surface area contributed by atoms with E-state index in [-0.39, 0.29) is 23.7 Å². The summed E-state index contributed by atoms with van der Waals surface area (Å²) in [4.78, 5) is 26.0. The molecule has 1 aromatic heterocycles. The third-order valence-electron chi connectivity index (χ3n) is 3.29. The van der Waals surface area contributed by atoms with E-state index in [1.54, 1.807) is 24.3 Å². The zero-order valence-electron chi connectivity index (χ0n) is 11.6. The highest BCUT2D eigenvalue weighted by Gasteiger charge is 2.26. The van der Waals surface area contributed by atoms with Crippen LogP contribution in [0.3, 0.4) is 0 Å². The third-order valence-corrected chi connectivity index (χ3v) is 3.29. The van der Waals surface area contributed by atoms with E-state index >= 15 is 0 Å². The second-order valence-corrected chi connectivity index (χ2v) is 4.64. The lowest BCUT2D eigenvalue weighted by atomic mass is 9.90. The van der Waals surface area contributed by atoms with Gasteiger partial charge < -0.3 is 17.2 Å². The fourth-order valence-electron chi connectivity index (χ4n) is 2.26. The van der Waals surface area contributed by atoms with Crippen molar-refractivity contribution < 1.29 is 9.72 Å². The predicted molar refractivity (Wildman–Crippen MR) is 80.7 cm³/mol. The average molecular weight is 301 g/mol. The van der Waals surface area contributed by atoms with Gasteiger partial charge in [0.2, 0.25) is 11.7 Å². The zero-order chi connectivity index (χ0) is 16.3. The summed E-state index contributed by atoms with van der Waals surface area (Å²) in [5, 5.41) is 10.8. The second-order valence-electron chi connectivity index (χ2n) is 4.64. The van der Waals surface area contributed by atoms with Crippen LogP contribution in [0.4, 0.5) is 11.5 Å². The maximum Gasteiger partial charge on any atom is 0.311 e. The highest BCUT2D eigenvalue weighted by molar-refractivity contribution is 5.85. The number of nitrogens with two attached hydrogens (primary N) is 3. The van der Waals surface area contributed by atoms with Crippen LogP contribution in [-0.2, 0) is 11.3 Å². The number of rotatable bonds is 5. The topological polar surface area (TPSA) is 151 Å². The maximum atomic E-state index is 11.9.